The number of ether oxygens (including phenoxy) is 1. The maximum atomic E-state index is 11.4. The van der Waals surface area contributed by atoms with Crippen molar-refractivity contribution in [2.75, 3.05) is 6.61 Å². The summed E-state index contributed by atoms with van der Waals surface area (Å²) in [5.41, 5.74) is 1.58. The number of nitrogens with one attached hydrogen (secondary N) is 1. The van der Waals surface area contributed by atoms with Crippen molar-refractivity contribution in [3.8, 4) is 16.9 Å². The van der Waals surface area contributed by atoms with Gasteiger partial charge in [0.1, 0.15) is 5.75 Å². The second-order valence-corrected chi connectivity index (χ2v) is 8.44. The Balaban J connectivity index is 1.73. The first kappa shape index (κ1) is 22.2. The monoisotopic (exact) mass is 384 g/mol. The lowest BCUT2D eigenvalue weighted by Gasteiger charge is -2.19. The van der Waals surface area contributed by atoms with Gasteiger partial charge in [0.05, 0.1) is 12.8 Å². The first-order valence-electron chi connectivity index (χ1n) is 10.8. The third-order valence-electron chi connectivity index (χ3n) is 5.39. The van der Waals surface area contributed by atoms with E-state index in [1.165, 1.54) is 38.5 Å². The molecule has 0 radical (unpaired) electrons. The van der Waals surface area contributed by atoms with Gasteiger partial charge >= 0.3 is 0 Å². The van der Waals surface area contributed by atoms with Gasteiger partial charge in [-0.1, -0.05) is 71.9 Å². The molecule has 0 spiro atoms. The molecule has 0 aliphatic rings. The van der Waals surface area contributed by atoms with Gasteiger partial charge in [0, 0.05) is 11.6 Å². The molecule has 28 heavy (non-hydrogen) atoms. The highest BCUT2D eigenvalue weighted by Gasteiger charge is 2.12. The molecule has 1 unspecified atom stereocenters. The number of rotatable bonds is 12. The van der Waals surface area contributed by atoms with E-state index < -0.39 is 0 Å². The average molecular weight is 385 g/mol. The van der Waals surface area contributed by atoms with E-state index in [1.807, 2.05) is 24.3 Å². The van der Waals surface area contributed by atoms with Gasteiger partial charge in [-0.15, -0.1) is 0 Å². The molecule has 1 aromatic carbocycles. The van der Waals surface area contributed by atoms with Crippen molar-refractivity contribution in [2.24, 2.45) is 17.8 Å². The van der Waals surface area contributed by atoms with E-state index in [1.54, 1.807) is 12.3 Å². The lowest BCUT2D eigenvalue weighted by atomic mass is 9.89. The molecule has 0 saturated carbocycles. The molecule has 1 N–H and O–H groups in total. The number of unbranched alkanes of at least 4 members (excludes halogenated alkanes) is 1. The maximum absolute atomic E-state index is 11.4. The summed E-state index contributed by atoms with van der Waals surface area (Å²) < 4.78 is 5.98. The van der Waals surface area contributed by atoms with Crippen molar-refractivity contribution in [3.05, 3.63) is 46.9 Å². The maximum Gasteiger partial charge on any atom is 0.264 e. The predicted molar refractivity (Wildman–Crippen MR) is 117 cm³/mol. The van der Waals surface area contributed by atoms with E-state index in [0.29, 0.717) is 5.92 Å². The summed E-state index contributed by atoms with van der Waals surface area (Å²) in [6.45, 7) is 10.0. The van der Waals surface area contributed by atoms with Crippen LogP contribution >= 0.6 is 0 Å². The van der Waals surface area contributed by atoms with Crippen LogP contribution in [-0.4, -0.2) is 16.8 Å². The fourth-order valence-corrected chi connectivity index (χ4v) is 3.65. The van der Waals surface area contributed by atoms with Crippen molar-refractivity contribution >= 4 is 0 Å². The van der Waals surface area contributed by atoms with Crippen LogP contribution < -0.4 is 10.3 Å². The third-order valence-corrected chi connectivity index (χ3v) is 5.39. The molecule has 3 atom stereocenters. The molecule has 1 heterocycles. The van der Waals surface area contributed by atoms with Gasteiger partial charge in [-0.2, -0.15) is 5.10 Å². The van der Waals surface area contributed by atoms with E-state index in [9.17, 15) is 4.79 Å². The van der Waals surface area contributed by atoms with Crippen molar-refractivity contribution in [1.29, 1.82) is 0 Å². The zero-order valence-corrected chi connectivity index (χ0v) is 17.9. The molecule has 4 heteroatoms. The molecule has 2 aromatic rings. The molecule has 0 aliphatic heterocycles. The van der Waals surface area contributed by atoms with Gasteiger partial charge in [0.2, 0.25) is 0 Å². The number of H-pyrrole nitrogens is 1. The third kappa shape index (κ3) is 7.87. The van der Waals surface area contributed by atoms with Crippen LogP contribution in [0.4, 0.5) is 0 Å². The number of aromatic nitrogens is 2. The van der Waals surface area contributed by atoms with Crippen LogP contribution in [0, 0.1) is 17.8 Å². The minimum absolute atomic E-state index is 0.194. The average Bonchev–Trinajstić information content (AvgIpc) is 2.69. The van der Waals surface area contributed by atoms with Crippen LogP contribution in [0.25, 0.3) is 11.1 Å². The zero-order valence-electron chi connectivity index (χ0n) is 17.9. The van der Waals surface area contributed by atoms with Gasteiger partial charge in [-0.25, -0.2) is 5.10 Å². The fraction of sp³-hybridized carbons (Fsp3) is 0.583. The van der Waals surface area contributed by atoms with Gasteiger partial charge in [-0.05, 0) is 41.9 Å². The van der Waals surface area contributed by atoms with Gasteiger partial charge in [0.15, 0.2) is 0 Å². The summed E-state index contributed by atoms with van der Waals surface area (Å²) in [5.74, 6) is 3.00. The topological polar surface area (TPSA) is 55.0 Å². The fourth-order valence-electron chi connectivity index (χ4n) is 3.65. The van der Waals surface area contributed by atoms with Crippen molar-refractivity contribution in [2.45, 2.75) is 66.2 Å². The van der Waals surface area contributed by atoms with Crippen LogP contribution in [0.2, 0.25) is 0 Å². The Hall–Kier alpha value is -2.10. The van der Waals surface area contributed by atoms with E-state index in [-0.39, 0.29) is 5.56 Å². The Bertz CT molecular complexity index is 739. The molecule has 0 saturated heterocycles. The largest absolute Gasteiger partial charge is 0.493 e. The molecule has 0 amide bonds. The Kier molecular flexibility index (Phi) is 9.26. The number of aromatic amines is 1. The number of benzene rings is 1. The second-order valence-electron chi connectivity index (χ2n) is 8.44. The van der Waals surface area contributed by atoms with E-state index in [2.05, 4.69) is 37.9 Å². The molecule has 154 valence electrons. The first-order chi connectivity index (χ1) is 13.5. The van der Waals surface area contributed by atoms with E-state index in [0.717, 1.165) is 35.3 Å². The smallest absolute Gasteiger partial charge is 0.264 e. The summed E-state index contributed by atoms with van der Waals surface area (Å²) in [4.78, 5) is 11.4. The molecule has 4 nitrogen and oxygen atoms in total. The van der Waals surface area contributed by atoms with Gasteiger partial charge < -0.3 is 4.74 Å². The molecule has 2 rings (SSSR count). The number of hydrogen-bond donors (Lipinski definition) is 1. The van der Waals surface area contributed by atoms with E-state index in [4.69, 9.17) is 4.74 Å². The molecule has 1 aromatic heterocycles. The summed E-state index contributed by atoms with van der Waals surface area (Å²) in [6.07, 6.45) is 9.54. The minimum atomic E-state index is -0.194. The summed E-state index contributed by atoms with van der Waals surface area (Å²) in [5, 5.41) is 6.24. The van der Waals surface area contributed by atoms with Crippen LogP contribution in [0.15, 0.2) is 41.3 Å². The predicted octanol–water partition coefficient (Wildman–Crippen LogP) is 6.08. The molecule has 0 aliphatic carbocycles. The quantitative estimate of drug-likeness (QED) is 0.482. The highest BCUT2D eigenvalue weighted by Crippen LogP contribution is 2.24. The molecule has 0 bridgehead atoms. The van der Waals surface area contributed by atoms with Gasteiger partial charge in [0.25, 0.3) is 5.56 Å². The van der Waals surface area contributed by atoms with Crippen LogP contribution in [-0.2, 0) is 0 Å². The van der Waals surface area contributed by atoms with Crippen LogP contribution in [0.5, 0.6) is 5.75 Å². The number of nitrogens with zero attached hydrogens (tertiary/aromatic N) is 1. The Morgan fingerprint density at radius 2 is 1.68 bits per heavy atom. The van der Waals surface area contributed by atoms with Crippen molar-refractivity contribution in [1.82, 2.24) is 10.2 Å². The molecule has 0 fully saturated rings. The highest BCUT2D eigenvalue weighted by atomic mass is 16.5. The lowest BCUT2D eigenvalue weighted by molar-refractivity contribution is 0.229. The first-order valence-corrected chi connectivity index (χ1v) is 10.8. The van der Waals surface area contributed by atoms with E-state index >= 15 is 0 Å². The van der Waals surface area contributed by atoms with Gasteiger partial charge in [-0.3, -0.25) is 4.79 Å². The summed E-state index contributed by atoms with van der Waals surface area (Å²) in [7, 11) is 0. The minimum Gasteiger partial charge on any atom is -0.493 e. The number of hydrogen-bond acceptors (Lipinski definition) is 3. The summed E-state index contributed by atoms with van der Waals surface area (Å²) >= 11 is 0. The lowest BCUT2D eigenvalue weighted by Crippen LogP contribution is -2.13. The van der Waals surface area contributed by atoms with Crippen LogP contribution in [0.1, 0.15) is 66.2 Å². The second kappa shape index (κ2) is 11.7. The Morgan fingerprint density at radius 3 is 2.36 bits per heavy atom. The highest BCUT2D eigenvalue weighted by molar-refractivity contribution is 5.62. The Labute approximate surface area is 169 Å². The zero-order chi connectivity index (χ0) is 20.4. The summed E-state index contributed by atoms with van der Waals surface area (Å²) in [6, 6.07) is 9.41. The SMILES string of the molecule is CCCC[C@@H](C)CCC(C)C[C@@H](C)COc1ccc(-c2cn[nH]c(=O)c2)cc1. The van der Waals surface area contributed by atoms with Crippen molar-refractivity contribution < 1.29 is 4.74 Å². The molecular formula is C24H36N2O2. The standard InChI is InChI=1S/C24H36N2O2/c1-5-6-7-18(2)8-9-19(3)14-20(4)17-28-23-12-10-21(11-13-23)22-15-24(27)26-25-16-22/h10-13,15-16,18-20H,5-9,14,17H2,1-4H3,(H,26,27)/t18-,19?,20-/m1/s1. The van der Waals surface area contributed by atoms with Crippen LogP contribution in [0.3, 0.4) is 0 Å². The molecular weight excluding hydrogens is 348 g/mol. The normalized spacial score (nSPS) is 14.4. The van der Waals surface area contributed by atoms with Crippen molar-refractivity contribution in [3.63, 3.8) is 0 Å². The Morgan fingerprint density at radius 1 is 0.964 bits per heavy atom.